The minimum atomic E-state index is -4.70. The number of hydrogen-bond acceptors (Lipinski definition) is 5. The second-order valence-corrected chi connectivity index (χ2v) is 9.55. The van der Waals surface area contributed by atoms with Gasteiger partial charge in [0, 0.05) is 43.0 Å². The van der Waals surface area contributed by atoms with E-state index >= 15 is 0 Å². The molecule has 0 atom stereocenters. The van der Waals surface area contributed by atoms with Gasteiger partial charge in [-0.1, -0.05) is 12.1 Å². The van der Waals surface area contributed by atoms with Gasteiger partial charge in [0.1, 0.15) is 0 Å². The molecule has 176 valence electrons. The number of fused-ring (bicyclic) bond motifs is 1. The van der Waals surface area contributed by atoms with Gasteiger partial charge in [-0.15, -0.1) is 0 Å². The molecule has 33 heavy (non-hydrogen) atoms. The van der Waals surface area contributed by atoms with Crippen molar-refractivity contribution in [1.82, 2.24) is 9.47 Å². The Labute approximate surface area is 188 Å². The Morgan fingerprint density at radius 2 is 1.76 bits per heavy atom. The average Bonchev–Trinajstić information content (AvgIpc) is 2.78. The number of para-hydroxylation sites is 1. The highest BCUT2D eigenvalue weighted by Gasteiger charge is 2.32. The van der Waals surface area contributed by atoms with E-state index in [1.165, 1.54) is 22.9 Å². The fraction of sp³-hybridized carbons (Fsp3) is 0.318. The number of sulfonamides is 1. The van der Waals surface area contributed by atoms with Crippen molar-refractivity contribution in [3.05, 3.63) is 70.5 Å². The third kappa shape index (κ3) is 5.55. The second-order valence-electron chi connectivity index (χ2n) is 7.71. The molecular formula is C22H22F3N3O4S. The first-order valence-corrected chi connectivity index (χ1v) is 11.9. The number of alkyl halides is 3. The van der Waals surface area contributed by atoms with Crippen molar-refractivity contribution in [1.29, 1.82) is 0 Å². The summed E-state index contributed by atoms with van der Waals surface area (Å²) >= 11 is 0. The summed E-state index contributed by atoms with van der Waals surface area (Å²) in [5.74, 6) is -0.264. The fourth-order valence-electron chi connectivity index (χ4n) is 3.71. The molecule has 1 aliphatic heterocycles. The highest BCUT2D eigenvalue weighted by atomic mass is 32.2. The molecule has 2 heterocycles. The van der Waals surface area contributed by atoms with Crippen molar-refractivity contribution in [3.8, 4) is 5.69 Å². The van der Waals surface area contributed by atoms with Crippen LogP contribution in [-0.4, -0.2) is 56.5 Å². The minimum Gasteiger partial charge on any atom is -0.379 e. The number of nitrogens with zero attached hydrogens (tertiary/aromatic N) is 2. The molecule has 1 aromatic heterocycles. The van der Waals surface area contributed by atoms with Crippen LogP contribution in [0.25, 0.3) is 16.6 Å². The van der Waals surface area contributed by atoms with Crippen LogP contribution in [0.3, 0.4) is 0 Å². The Morgan fingerprint density at radius 3 is 2.48 bits per heavy atom. The zero-order chi connectivity index (χ0) is 23.6. The summed E-state index contributed by atoms with van der Waals surface area (Å²) in [5.41, 5.74) is -0.992. The maximum absolute atomic E-state index is 13.6. The molecule has 0 aliphatic carbocycles. The smallest absolute Gasteiger partial charge is 0.379 e. The fourth-order valence-corrected chi connectivity index (χ4v) is 4.78. The quantitative estimate of drug-likeness (QED) is 0.585. The first-order chi connectivity index (χ1) is 15.6. The summed E-state index contributed by atoms with van der Waals surface area (Å²) in [6.45, 7) is 2.47. The molecular weight excluding hydrogens is 459 g/mol. The van der Waals surface area contributed by atoms with Crippen molar-refractivity contribution in [2.45, 2.75) is 6.18 Å². The van der Waals surface area contributed by atoms with Crippen LogP contribution in [-0.2, 0) is 20.9 Å². The van der Waals surface area contributed by atoms with E-state index in [-0.39, 0.29) is 29.1 Å². The van der Waals surface area contributed by atoms with Crippen molar-refractivity contribution in [2.24, 2.45) is 0 Å². The maximum atomic E-state index is 13.6. The van der Waals surface area contributed by atoms with Gasteiger partial charge in [-0.05, 0) is 30.3 Å². The average molecular weight is 481 g/mol. The minimum absolute atomic E-state index is 0.0758. The predicted octanol–water partition coefficient (Wildman–Crippen LogP) is 3.08. The summed E-state index contributed by atoms with van der Waals surface area (Å²) in [5, 5.41) is 0.338. The molecule has 2 aromatic carbocycles. The van der Waals surface area contributed by atoms with Crippen LogP contribution < -0.4 is 10.2 Å². The van der Waals surface area contributed by atoms with Crippen LogP contribution in [0, 0.1) is 0 Å². The van der Waals surface area contributed by atoms with Gasteiger partial charge in [-0.2, -0.15) is 13.2 Å². The van der Waals surface area contributed by atoms with Gasteiger partial charge in [0.15, 0.2) is 5.43 Å². The molecule has 1 aliphatic rings. The third-order valence-electron chi connectivity index (χ3n) is 5.38. The third-order valence-corrected chi connectivity index (χ3v) is 6.65. The van der Waals surface area contributed by atoms with E-state index in [9.17, 15) is 26.4 Å². The van der Waals surface area contributed by atoms with Crippen molar-refractivity contribution in [2.75, 3.05) is 43.3 Å². The maximum Gasteiger partial charge on any atom is 0.416 e. The molecule has 4 rings (SSSR count). The lowest BCUT2D eigenvalue weighted by Crippen LogP contribution is -2.39. The molecule has 0 bridgehead atoms. The Bertz CT molecular complexity index is 1320. The largest absolute Gasteiger partial charge is 0.416 e. The lowest BCUT2D eigenvalue weighted by atomic mass is 10.1. The monoisotopic (exact) mass is 481 g/mol. The predicted molar refractivity (Wildman–Crippen MR) is 119 cm³/mol. The number of ether oxygens (including phenoxy) is 1. The van der Waals surface area contributed by atoms with E-state index in [0.717, 1.165) is 12.1 Å². The number of morpholine rings is 1. The van der Waals surface area contributed by atoms with E-state index in [4.69, 9.17) is 4.74 Å². The SMILES string of the molecule is O=c1ccn(-c2cc(NS(=O)(=O)CCN3CCOCC3)cc(C(F)(F)F)c2)c2ccccc12. The van der Waals surface area contributed by atoms with Crippen LogP contribution in [0.15, 0.2) is 59.5 Å². The van der Waals surface area contributed by atoms with Crippen LogP contribution in [0.5, 0.6) is 0 Å². The van der Waals surface area contributed by atoms with Gasteiger partial charge < -0.3 is 9.30 Å². The first-order valence-electron chi connectivity index (χ1n) is 10.3. The van der Waals surface area contributed by atoms with Crippen LogP contribution >= 0.6 is 0 Å². The summed E-state index contributed by atoms with van der Waals surface area (Å²) in [7, 11) is -3.90. The van der Waals surface area contributed by atoms with Crippen molar-refractivity contribution in [3.63, 3.8) is 0 Å². The van der Waals surface area contributed by atoms with E-state index in [1.54, 1.807) is 24.3 Å². The molecule has 0 radical (unpaired) electrons. The molecule has 0 saturated carbocycles. The molecule has 11 heteroatoms. The number of nitrogens with one attached hydrogen (secondary N) is 1. The molecule has 0 unspecified atom stereocenters. The van der Waals surface area contributed by atoms with Gasteiger partial charge in [0.05, 0.1) is 35.7 Å². The van der Waals surface area contributed by atoms with Gasteiger partial charge in [0.2, 0.25) is 10.0 Å². The summed E-state index contributed by atoms with van der Waals surface area (Å²) in [6.07, 6.45) is -3.32. The molecule has 1 fully saturated rings. The van der Waals surface area contributed by atoms with Gasteiger partial charge >= 0.3 is 6.18 Å². The first kappa shape index (κ1) is 23.3. The van der Waals surface area contributed by atoms with Crippen LogP contribution in [0.1, 0.15) is 5.56 Å². The Kier molecular flexibility index (Phi) is 6.46. The van der Waals surface area contributed by atoms with Gasteiger partial charge in [-0.3, -0.25) is 14.4 Å². The summed E-state index contributed by atoms with van der Waals surface area (Å²) in [6, 6.07) is 10.8. The van der Waals surface area contributed by atoms with E-state index in [1.807, 2.05) is 4.90 Å². The van der Waals surface area contributed by atoms with Gasteiger partial charge in [0.25, 0.3) is 0 Å². The van der Waals surface area contributed by atoms with Gasteiger partial charge in [-0.25, -0.2) is 8.42 Å². The number of hydrogen-bond donors (Lipinski definition) is 1. The molecule has 1 saturated heterocycles. The number of rotatable bonds is 6. The van der Waals surface area contributed by atoms with Crippen LogP contribution in [0.2, 0.25) is 0 Å². The number of pyridine rings is 1. The summed E-state index contributed by atoms with van der Waals surface area (Å²) in [4.78, 5) is 14.1. The number of halogens is 3. The van der Waals surface area contributed by atoms with E-state index < -0.39 is 21.8 Å². The molecule has 1 N–H and O–H groups in total. The summed E-state index contributed by atoms with van der Waals surface area (Å²) < 4.78 is 75.0. The second kappa shape index (κ2) is 9.16. The molecule has 0 amide bonds. The standard InChI is InChI=1S/C22H22F3N3O4S/c23-22(24,25)16-13-17(26-33(30,31)12-9-27-7-10-32-11-8-27)15-18(14-16)28-6-5-21(29)19-3-1-2-4-20(19)28/h1-6,13-15,26H,7-12H2. The number of benzene rings is 2. The Balaban J connectivity index is 1.69. The van der Waals surface area contributed by atoms with E-state index in [0.29, 0.717) is 37.2 Å². The van der Waals surface area contributed by atoms with E-state index in [2.05, 4.69) is 4.72 Å². The lowest BCUT2D eigenvalue weighted by Gasteiger charge is -2.26. The van der Waals surface area contributed by atoms with Crippen LogP contribution in [0.4, 0.5) is 18.9 Å². The molecule has 0 spiro atoms. The topological polar surface area (TPSA) is 80.6 Å². The molecule has 7 nitrogen and oxygen atoms in total. The van der Waals surface area contributed by atoms with Crippen molar-refractivity contribution < 1.29 is 26.3 Å². The highest BCUT2D eigenvalue weighted by Crippen LogP contribution is 2.33. The van der Waals surface area contributed by atoms with Crippen molar-refractivity contribution >= 4 is 26.6 Å². The number of aromatic nitrogens is 1. The molecule has 3 aromatic rings. The zero-order valence-corrected chi connectivity index (χ0v) is 18.3. The number of anilines is 1. The zero-order valence-electron chi connectivity index (χ0n) is 17.5. The normalized spacial score (nSPS) is 15.6. The highest BCUT2D eigenvalue weighted by molar-refractivity contribution is 7.92. The Hall–Kier alpha value is -2.89. The lowest BCUT2D eigenvalue weighted by molar-refractivity contribution is -0.137. The Morgan fingerprint density at radius 1 is 1.03 bits per heavy atom.